The molecule has 1 saturated heterocycles. The lowest BCUT2D eigenvalue weighted by Crippen LogP contribution is -2.47. The fourth-order valence-corrected chi connectivity index (χ4v) is 5.55. The third-order valence-electron chi connectivity index (χ3n) is 5.84. The number of fused-ring (bicyclic) bond motifs is 1. The standard InChI is InChI=1S/C21H31N3O5S/c1-5-14(4)22-20(25)15-8-7-9-24(12-15)30(27,28)19-11-18-16(10-13(19)3)23-21(26)17(6-2)29-18/h10-11,14-15,17H,5-9,12H2,1-4H3,(H,22,25)(H,23,26)/t14-,15-,17-/m0/s1. The number of aryl methyl sites for hydroxylation is 1. The van der Waals surface area contributed by atoms with Crippen LogP contribution < -0.4 is 15.4 Å². The normalized spacial score (nSPS) is 23.1. The van der Waals surface area contributed by atoms with Gasteiger partial charge in [-0.1, -0.05) is 13.8 Å². The van der Waals surface area contributed by atoms with Gasteiger partial charge in [0.15, 0.2) is 6.10 Å². The zero-order valence-corrected chi connectivity index (χ0v) is 18.8. The number of anilines is 1. The lowest BCUT2D eigenvalue weighted by Gasteiger charge is -2.32. The lowest BCUT2D eigenvalue weighted by molar-refractivity contribution is -0.126. The van der Waals surface area contributed by atoms with Gasteiger partial charge in [-0.2, -0.15) is 4.31 Å². The number of amides is 2. The molecule has 2 heterocycles. The van der Waals surface area contributed by atoms with E-state index in [4.69, 9.17) is 4.74 Å². The number of carbonyl (C=O) groups is 2. The number of benzene rings is 1. The van der Waals surface area contributed by atoms with Crippen LogP contribution in [0.3, 0.4) is 0 Å². The smallest absolute Gasteiger partial charge is 0.265 e. The third kappa shape index (κ3) is 4.46. The van der Waals surface area contributed by atoms with Gasteiger partial charge in [0.1, 0.15) is 5.75 Å². The van der Waals surface area contributed by atoms with E-state index in [0.29, 0.717) is 42.8 Å². The molecule has 0 saturated carbocycles. The van der Waals surface area contributed by atoms with Gasteiger partial charge in [-0.15, -0.1) is 0 Å². The molecule has 9 heteroatoms. The maximum Gasteiger partial charge on any atom is 0.265 e. The highest BCUT2D eigenvalue weighted by Gasteiger charge is 2.36. The summed E-state index contributed by atoms with van der Waals surface area (Å²) in [7, 11) is -3.80. The van der Waals surface area contributed by atoms with Gasteiger partial charge in [0.05, 0.1) is 16.5 Å². The van der Waals surface area contributed by atoms with Gasteiger partial charge in [0.25, 0.3) is 5.91 Å². The van der Waals surface area contributed by atoms with Gasteiger partial charge in [-0.25, -0.2) is 8.42 Å². The van der Waals surface area contributed by atoms with Crippen LogP contribution in [0.4, 0.5) is 5.69 Å². The molecular weight excluding hydrogens is 406 g/mol. The highest BCUT2D eigenvalue weighted by molar-refractivity contribution is 7.89. The van der Waals surface area contributed by atoms with Crippen molar-refractivity contribution in [1.82, 2.24) is 9.62 Å². The number of rotatable bonds is 6. The van der Waals surface area contributed by atoms with Crippen molar-refractivity contribution in [2.75, 3.05) is 18.4 Å². The van der Waals surface area contributed by atoms with Crippen molar-refractivity contribution in [3.05, 3.63) is 17.7 Å². The van der Waals surface area contributed by atoms with Crippen molar-refractivity contribution < 1.29 is 22.7 Å². The molecule has 3 atom stereocenters. The van der Waals surface area contributed by atoms with Gasteiger partial charge in [-0.3, -0.25) is 9.59 Å². The molecule has 2 aliphatic rings. The van der Waals surface area contributed by atoms with Crippen molar-refractivity contribution in [3.63, 3.8) is 0 Å². The van der Waals surface area contributed by atoms with Gasteiger partial charge < -0.3 is 15.4 Å². The van der Waals surface area contributed by atoms with Gasteiger partial charge in [0.2, 0.25) is 15.9 Å². The Labute approximate surface area is 178 Å². The van der Waals surface area contributed by atoms with Crippen LogP contribution in [0.2, 0.25) is 0 Å². The average Bonchev–Trinajstić information content (AvgIpc) is 2.72. The second kappa shape index (κ2) is 8.93. The summed E-state index contributed by atoms with van der Waals surface area (Å²) in [6.45, 7) is 8.00. The van der Waals surface area contributed by atoms with E-state index in [1.165, 1.54) is 10.4 Å². The summed E-state index contributed by atoms with van der Waals surface area (Å²) in [6.07, 6.45) is 1.97. The minimum absolute atomic E-state index is 0.0613. The van der Waals surface area contributed by atoms with Gasteiger partial charge in [-0.05, 0) is 51.2 Å². The van der Waals surface area contributed by atoms with E-state index in [2.05, 4.69) is 10.6 Å². The predicted octanol–water partition coefficient (Wildman–Crippen LogP) is 2.42. The molecule has 0 aliphatic carbocycles. The van der Waals surface area contributed by atoms with E-state index in [0.717, 1.165) is 6.42 Å². The molecule has 0 unspecified atom stereocenters. The van der Waals surface area contributed by atoms with E-state index in [1.807, 2.05) is 20.8 Å². The molecule has 166 valence electrons. The van der Waals surface area contributed by atoms with Crippen molar-refractivity contribution in [3.8, 4) is 5.75 Å². The molecule has 2 amide bonds. The minimum atomic E-state index is -3.80. The quantitative estimate of drug-likeness (QED) is 0.711. The summed E-state index contributed by atoms with van der Waals surface area (Å²) >= 11 is 0. The lowest BCUT2D eigenvalue weighted by atomic mass is 9.98. The molecule has 0 spiro atoms. The van der Waals surface area contributed by atoms with Crippen molar-refractivity contribution in [1.29, 1.82) is 0 Å². The molecule has 0 radical (unpaired) electrons. The Morgan fingerprint density at radius 3 is 2.77 bits per heavy atom. The molecule has 0 aromatic heterocycles. The van der Waals surface area contributed by atoms with Gasteiger partial charge >= 0.3 is 0 Å². The first-order valence-electron chi connectivity index (χ1n) is 10.6. The van der Waals surface area contributed by atoms with E-state index >= 15 is 0 Å². The summed E-state index contributed by atoms with van der Waals surface area (Å²) in [4.78, 5) is 24.7. The van der Waals surface area contributed by atoms with E-state index in [1.54, 1.807) is 13.0 Å². The molecule has 1 aromatic rings. The highest BCUT2D eigenvalue weighted by Crippen LogP contribution is 2.36. The number of hydrogen-bond acceptors (Lipinski definition) is 5. The van der Waals surface area contributed by atoms with Crippen LogP contribution in [0.25, 0.3) is 0 Å². The summed E-state index contributed by atoms with van der Waals surface area (Å²) in [5.41, 5.74) is 1.00. The van der Waals surface area contributed by atoms with Crippen LogP contribution in [-0.2, 0) is 19.6 Å². The zero-order valence-electron chi connectivity index (χ0n) is 18.0. The second-order valence-corrected chi connectivity index (χ2v) is 10.0. The Hall–Kier alpha value is -2.13. The fraction of sp³-hybridized carbons (Fsp3) is 0.619. The summed E-state index contributed by atoms with van der Waals surface area (Å²) < 4.78 is 33.9. The second-order valence-electron chi connectivity index (χ2n) is 8.14. The maximum absolute atomic E-state index is 13.4. The van der Waals surface area contributed by atoms with Crippen LogP contribution in [0.15, 0.2) is 17.0 Å². The number of carbonyl (C=O) groups excluding carboxylic acids is 2. The minimum Gasteiger partial charge on any atom is -0.478 e. The zero-order chi connectivity index (χ0) is 22.1. The first-order chi connectivity index (χ1) is 14.2. The Morgan fingerprint density at radius 2 is 2.10 bits per heavy atom. The van der Waals surface area contributed by atoms with Crippen molar-refractivity contribution in [2.45, 2.75) is 70.4 Å². The molecule has 8 nitrogen and oxygen atoms in total. The summed E-state index contributed by atoms with van der Waals surface area (Å²) in [5.74, 6) is -0.330. The van der Waals surface area contributed by atoms with Crippen LogP contribution in [0.1, 0.15) is 52.0 Å². The van der Waals surface area contributed by atoms with E-state index in [-0.39, 0.29) is 35.2 Å². The molecule has 30 heavy (non-hydrogen) atoms. The molecule has 2 aliphatic heterocycles. The summed E-state index contributed by atoms with van der Waals surface area (Å²) in [5, 5.41) is 5.74. The molecular formula is C21H31N3O5S. The summed E-state index contributed by atoms with van der Waals surface area (Å²) in [6, 6.07) is 3.18. The Kier molecular flexibility index (Phi) is 6.71. The van der Waals surface area contributed by atoms with Gasteiger partial charge in [0, 0.05) is 25.2 Å². The average molecular weight is 438 g/mol. The Morgan fingerprint density at radius 1 is 1.37 bits per heavy atom. The largest absolute Gasteiger partial charge is 0.478 e. The first kappa shape index (κ1) is 22.6. The fourth-order valence-electron chi connectivity index (χ4n) is 3.81. The van der Waals surface area contributed by atoms with Crippen LogP contribution >= 0.6 is 0 Å². The number of hydrogen-bond donors (Lipinski definition) is 2. The van der Waals surface area contributed by atoms with Crippen molar-refractivity contribution >= 4 is 27.5 Å². The molecule has 1 aromatic carbocycles. The Balaban J connectivity index is 1.85. The molecule has 2 N–H and O–H groups in total. The van der Waals surface area contributed by atoms with Crippen LogP contribution in [0, 0.1) is 12.8 Å². The SMILES string of the molecule is CC[C@@H]1Oc2cc(S(=O)(=O)N3CCC[C@H](C(=O)N[C@@H](C)CC)C3)c(C)cc2NC1=O. The number of piperidine rings is 1. The number of ether oxygens (including phenoxy) is 1. The molecule has 1 fully saturated rings. The monoisotopic (exact) mass is 437 g/mol. The van der Waals surface area contributed by atoms with E-state index < -0.39 is 16.1 Å². The number of nitrogens with one attached hydrogen (secondary N) is 2. The molecule has 0 bridgehead atoms. The van der Waals surface area contributed by atoms with Crippen LogP contribution in [0.5, 0.6) is 5.75 Å². The maximum atomic E-state index is 13.4. The number of sulfonamides is 1. The van der Waals surface area contributed by atoms with Crippen LogP contribution in [-0.4, -0.2) is 49.8 Å². The Bertz CT molecular complexity index is 931. The molecule has 3 rings (SSSR count). The number of nitrogens with zero attached hydrogens (tertiary/aromatic N) is 1. The third-order valence-corrected chi connectivity index (χ3v) is 7.85. The first-order valence-corrected chi connectivity index (χ1v) is 12.0. The van der Waals surface area contributed by atoms with E-state index in [9.17, 15) is 18.0 Å². The highest BCUT2D eigenvalue weighted by atomic mass is 32.2. The topological polar surface area (TPSA) is 105 Å². The predicted molar refractivity (Wildman–Crippen MR) is 114 cm³/mol. The van der Waals surface area contributed by atoms with Crippen molar-refractivity contribution in [2.24, 2.45) is 5.92 Å².